The number of hydrogen-bond acceptors (Lipinski definition) is 7. The molecular formula is C25H24FIN4O3S2. The van der Waals surface area contributed by atoms with Gasteiger partial charge >= 0.3 is 6.09 Å². The first-order valence-corrected chi connectivity index (χ1v) is 15.6. The molecule has 1 aliphatic heterocycles. The summed E-state index contributed by atoms with van der Waals surface area (Å²) in [6.45, 7) is 6.14. The average Bonchev–Trinajstić information content (AvgIpc) is 3.48. The molecule has 1 aromatic carbocycles. The monoisotopic (exact) mass is 638 g/mol. The molecule has 36 heavy (non-hydrogen) atoms. The van der Waals surface area contributed by atoms with Crippen LogP contribution in [0.1, 0.15) is 48.9 Å². The Labute approximate surface area is 228 Å². The van der Waals surface area contributed by atoms with Crippen LogP contribution in [0.15, 0.2) is 45.8 Å². The Kier molecular flexibility index (Phi) is 6.75. The third-order valence-electron chi connectivity index (χ3n) is 6.36. The fourth-order valence-electron chi connectivity index (χ4n) is 4.76. The van der Waals surface area contributed by atoms with Gasteiger partial charge in [-0.15, -0.1) is 11.3 Å². The van der Waals surface area contributed by atoms with Crippen molar-refractivity contribution in [2.45, 2.75) is 43.6 Å². The number of fused-ring (bicyclic) bond motifs is 2. The van der Waals surface area contributed by atoms with Gasteiger partial charge in [-0.05, 0) is 78.5 Å². The molecule has 5 rings (SSSR count). The van der Waals surface area contributed by atoms with Crippen molar-refractivity contribution in [3.05, 3.63) is 64.2 Å². The Morgan fingerprint density at radius 2 is 2.00 bits per heavy atom. The van der Waals surface area contributed by atoms with Gasteiger partial charge in [-0.3, -0.25) is 4.79 Å². The minimum Gasteiger partial charge on any atom is -0.444 e. The summed E-state index contributed by atoms with van der Waals surface area (Å²) in [6.07, 6.45) is 4.25. The molecule has 3 heterocycles. The van der Waals surface area contributed by atoms with Gasteiger partial charge in [-0.25, -0.2) is 18.9 Å². The fraction of sp³-hybridized carbons (Fsp3) is 0.360. The molecule has 1 amide bonds. The predicted molar refractivity (Wildman–Crippen MR) is 146 cm³/mol. The second-order valence-corrected chi connectivity index (χ2v) is 12.9. The summed E-state index contributed by atoms with van der Waals surface area (Å²) in [4.78, 5) is 33.3. The summed E-state index contributed by atoms with van der Waals surface area (Å²) < 4.78 is 21.7. The van der Waals surface area contributed by atoms with Crippen LogP contribution < -0.4 is 0 Å². The molecule has 1 unspecified atom stereocenters. The van der Waals surface area contributed by atoms with Crippen LogP contribution in [0.5, 0.6) is 0 Å². The summed E-state index contributed by atoms with van der Waals surface area (Å²) in [6, 6.07) is 6.16. The van der Waals surface area contributed by atoms with Crippen LogP contribution in [0.2, 0.25) is 0 Å². The Hall–Kier alpha value is -2.25. The second kappa shape index (κ2) is 9.56. The van der Waals surface area contributed by atoms with E-state index in [0.29, 0.717) is 25.1 Å². The number of aromatic nitrogens is 3. The summed E-state index contributed by atoms with van der Waals surface area (Å²) in [5.74, 6) is -0.417. The van der Waals surface area contributed by atoms with Gasteiger partial charge in [0.15, 0.2) is 10.1 Å². The van der Waals surface area contributed by atoms with Crippen LogP contribution in [-0.4, -0.2) is 50.2 Å². The van der Waals surface area contributed by atoms with Crippen molar-refractivity contribution in [2.75, 3.05) is 13.1 Å². The summed E-state index contributed by atoms with van der Waals surface area (Å²) in [5.41, 5.74) is 2.25. The first kappa shape index (κ1) is 25.4. The number of thiazole rings is 1. The molecule has 0 bridgehead atoms. The second-order valence-electron chi connectivity index (χ2n) is 9.93. The van der Waals surface area contributed by atoms with E-state index in [0.717, 1.165) is 26.9 Å². The molecule has 0 spiro atoms. The van der Waals surface area contributed by atoms with Gasteiger partial charge < -0.3 is 9.64 Å². The van der Waals surface area contributed by atoms with Crippen molar-refractivity contribution in [3.63, 3.8) is 0 Å². The topological polar surface area (TPSA) is 77.3 Å². The molecule has 11 heteroatoms. The maximum atomic E-state index is 14.1. The van der Waals surface area contributed by atoms with Gasteiger partial charge in [0.05, 0.1) is 23.0 Å². The summed E-state index contributed by atoms with van der Waals surface area (Å²) in [5, 5.41) is 6.35. The molecule has 0 radical (unpaired) electrons. The van der Waals surface area contributed by atoms with Crippen molar-refractivity contribution in [3.8, 4) is 5.69 Å². The van der Waals surface area contributed by atoms with Gasteiger partial charge in [-0.1, -0.05) is 5.57 Å². The zero-order valence-corrected chi connectivity index (χ0v) is 23.7. The third-order valence-corrected chi connectivity index (χ3v) is 9.90. The lowest BCUT2D eigenvalue weighted by atomic mass is 9.65. The summed E-state index contributed by atoms with van der Waals surface area (Å²) >= 11 is 3.59. The number of likely N-dealkylation sites (tertiary alicyclic amines) is 1. The third kappa shape index (κ3) is 4.72. The Morgan fingerprint density at radius 3 is 2.67 bits per heavy atom. The zero-order valence-electron chi connectivity index (χ0n) is 20.0. The molecule has 188 valence electrons. The molecule has 1 atom stereocenters. The van der Waals surface area contributed by atoms with Crippen LogP contribution in [0.4, 0.5) is 9.18 Å². The number of rotatable bonds is 4. The highest BCUT2D eigenvalue weighted by Gasteiger charge is 2.50. The fourth-order valence-corrected chi connectivity index (χ4v) is 6.94. The van der Waals surface area contributed by atoms with Crippen LogP contribution in [0.25, 0.3) is 11.8 Å². The largest absolute Gasteiger partial charge is 0.444 e. The van der Waals surface area contributed by atoms with E-state index in [1.165, 1.54) is 32.4 Å². The van der Waals surface area contributed by atoms with E-state index in [4.69, 9.17) is 4.74 Å². The van der Waals surface area contributed by atoms with Crippen LogP contribution in [0, 0.1) is 11.2 Å². The standard InChI is InChI=1S/C25H24FIN4O3S2/c1-24(2,3)34-23(33)30-9-8-16-10-20-15(12-28-31(20)18-6-4-17(26)5-7-18)11-25(16,14-30)21(32)19-13-35-22(29-19)36-27/h4-7,10,12-13H,8-9,11,14H2,1-3H3. The first-order valence-electron chi connectivity index (χ1n) is 11.4. The molecule has 1 aliphatic carbocycles. The van der Waals surface area contributed by atoms with E-state index in [1.807, 2.05) is 26.8 Å². The molecule has 7 nitrogen and oxygen atoms in total. The number of hydrogen-bond donors (Lipinski definition) is 0. The van der Waals surface area contributed by atoms with E-state index >= 15 is 0 Å². The number of amides is 1. The molecular weight excluding hydrogens is 614 g/mol. The predicted octanol–water partition coefficient (Wildman–Crippen LogP) is 6.36. The lowest BCUT2D eigenvalue weighted by Gasteiger charge is -2.45. The number of piperidine rings is 1. The molecule has 2 aromatic heterocycles. The Balaban J connectivity index is 1.56. The van der Waals surface area contributed by atoms with E-state index in [2.05, 4.69) is 31.3 Å². The first-order chi connectivity index (χ1) is 17.1. The molecule has 1 fully saturated rings. The maximum Gasteiger partial charge on any atom is 0.410 e. The Bertz CT molecular complexity index is 1360. The summed E-state index contributed by atoms with van der Waals surface area (Å²) in [7, 11) is 1.47. The van der Waals surface area contributed by atoms with Crippen molar-refractivity contribution in [2.24, 2.45) is 5.41 Å². The minimum absolute atomic E-state index is 0.102. The number of halogens is 2. The highest BCUT2D eigenvalue weighted by Crippen LogP contribution is 2.47. The quantitative estimate of drug-likeness (QED) is 0.245. The number of benzene rings is 1. The molecule has 0 N–H and O–H groups in total. The van der Waals surface area contributed by atoms with Gasteiger partial charge in [0.1, 0.15) is 17.1 Å². The van der Waals surface area contributed by atoms with Gasteiger partial charge in [-0.2, -0.15) is 5.10 Å². The smallest absolute Gasteiger partial charge is 0.410 e. The number of ether oxygens (including phenoxy) is 1. The number of ketones is 1. The van der Waals surface area contributed by atoms with Crippen molar-refractivity contribution >= 4 is 59.4 Å². The van der Waals surface area contributed by atoms with Crippen LogP contribution >= 0.6 is 41.5 Å². The molecule has 2 aliphatic rings. The van der Waals surface area contributed by atoms with E-state index in [-0.39, 0.29) is 18.1 Å². The maximum absolute atomic E-state index is 14.1. The van der Waals surface area contributed by atoms with Gasteiger partial charge in [0.2, 0.25) is 0 Å². The number of Topliss-reactive ketones (excluding diaryl/α,β-unsaturated/α-hetero) is 1. The van der Waals surface area contributed by atoms with Crippen molar-refractivity contribution < 1.29 is 18.7 Å². The van der Waals surface area contributed by atoms with E-state index < -0.39 is 17.1 Å². The normalized spacial score (nSPS) is 19.4. The average molecular weight is 639 g/mol. The lowest BCUT2D eigenvalue weighted by Crippen LogP contribution is -2.54. The van der Waals surface area contributed by atoms with Crippen molar-refractivity contribution in [1.29, 1.82) is 0 Å². The Morgan fingerprint density at radius 1 is 1.25 bits per heavy atom. The highest BCUT2D eigenvalue weighted by atomic mass is 127. The molecule has 0 saturated carbocycles. The lowest BCUT2D eigenvalue weighted by molar-refractivity contribution is 0.0138. The number of nitrogens with zero attached hydrogens (tertiary/aromatic N) is 4. The van der Waals surface area contributed by atoms with E-state index in [1.54, 1.807) is 33.3 Å². The van der Waals surface area contributed by atoms with Crippen LogP contribution in [0.3, 0.4) is 0 Å². The SMILES string of the molecule is CC(C)(C)OC(=O)N1CCC2=Cc3c(cnn3-c3ccc(F)cc3)CC2(C(=O)c2csc(SI)n2)C1. The minimum atomic E-state index is -0.958. The molecule has 3 aromatic rings. The number of carbonyl (C=O) groups excluding carboxylic acids is 2. The van der Waals surface area contributed by atoms with Gasteiger partial charge in [0, 0.05) is 39.7 Å². The highest BCUT2D eigenvalue weighted by molar-refractivity contribution is 14.2. The number of carbonyl (C=O) groups is 2. The van der Waals surface area contributed by atoms with Crippen molar-refractivity contribution in [1.82, 2.24) is 19.7 Å². The van der Waals surface area contributed by atoms with Crippen LogP contribution in [-0.2, 0) is 11.2 Å². The molecule has 1 saturated heterocycles. The van der Waals surface area contributed by atoms with E-state index in [9.17, 15) is 14.0 Å². The zero-order chi connectivity index (χ0) is 25.7. The van der Waals surface area contributed by atoms with Gasteiger partial charge in [0.25, 0.3) is 0 Å².